The Hall–Kier alpha value is -1.44. The molecule has 3 rings (SSSR count). The van der Waals surface area contributed by atoms with Crippen LogP contribution in [0.15, 0.2) is 24.0 Å². The van der Waals surface area contributed by atoms with Gasteiger partial charge in [-0.3, -0.25) is 9.58 Å². The lowest BCUT2D eigenvalue weighted by atomic mass is 10.0. The zero-order valence-electron chi connectivity index (χ0n) is 12.5. The molecule has 0 spiro atoms. The molecule has 1 fully saturated rings. The minimum atomic E-state index is 0.0839. The summed E-state index contributed by atoms with van der Waals surface area (Å²) in [5, 5.41) is 7.43. The predicted molar refractivity (Wildman–Crippen MR) is 85.5 cm³/mol. The summed E-state index contributed by atoms with van der Waals surface area (Å²) in [6.45, 7) is 6.07. The first kappa shape index (κ1) is 14.5. The maximum absolute atomic E-state index is 6.24. The molecule has 114 valence electrons. The number of hydrogen-bond acceptors (Lipinski definition) is 6. The van der Waals surface area contributed by atoms with Crippen LogP contribution in [0.3, 0.4) is 0 Å². The number of hydrogen-bond donors (Lipinski definition) is 1. The average Bonchev–Trinajstić information content (AvgIpc) is 3.11. The smallest absolute Gasteiger partial charge is 0.185 e. The molecule has 1 aliphatic rings. The zero-order valence-corrected chi connectivity index (χ0v) is 13.3. The van der Waals surface area contributed by atoms with Gasteiger partial charge in [0.2, 0.25) is 0 Å². The number of aryl methyl sites for hydroxylation is 1. The molecule has 0 aliphatic carbocycles. The third-order valence-corrected chi connectivity index (χ3v) is 4.79. The molecule has 0 saturated carbocycles. The molecule has 0 bridgehead atoms. The van der Waals surface area contributed by atoms with Crippen LogP contribution in [0.1, 0.15) is 18.5 Å². The lowest BCUT2D eigenvalue weighted by molar-refractivity contribution is 0.166. The van der Waals surface area contributed by atoms with Crippen LogP contribution in [-0.2, 0) is 7.05 Å². The van der Waals surface area contributed by atoms with E-state index >= 15 is 0 Å². The molecule has 6 nitrogen and oxygen atoms in total. The molecule has 7 heteroatoms. The van der Waals surface area contributed by atoms with Crippen molar-refractivity contribution in [3.05, 3.63) is 29.5 Å². The van der Waals surface area contributed by atoms with E-state index in [1.807, 2.05) is 29.5 Å². The molecule has 1 aliphatic heterocycles. The monoisotopic (exact) mass is 306 g/mol. The molecule has 0 aromatic carbocycles. The molecule has 2 unspecified atom stereocenters. The van der Waals surface area contributed by atoms with Crippen LogP contribution in [0.25, 0.3) is 0 Å². The van der Waals surface area contributed by atoms with Gasteiger partial charge in [-0.25, -0.2) is 4.98 Å². The van der Waals surface area contributed by atoms with Crippen molar-refractivity contribution >= 4 is 16.5 Å². The Morgan fingerprint density at radius 3 is 2.57 bits per heavy atom. The Morgan fingerprint density at radius 2 is 2.05 bits per heavy atom. The van der Waals surface area contributed by atoms with Crippen molar-refractivity contribution in [1.82, 2.24) is 19.7 Å². The summed E-state index contributed by atoms with van der Waals surface area (Å²) in [7, 11) is 1.95. The van der Waals surface area contributed by atoms with Crippen LogP contribution in [0.4, 0.5) is 5.13 Å². The normalized spacial score (nSPS) is 19.7. The Morgan fingerprint density at radius 1 is 1.29 bits per heavy atom. The molecule has 21 heavy (non-hydrogen) atoms. The fourth-order valence-corrected chi connectivity index (χ4v) is 3.70. The van der Waals surface area contributed by atoms with Gasteiger partial charge in [-0.1, -0.05) is 0 Å². The minimum absolute atomic E-state index is 0.0839. The van der Waals surface area contributed by atoms with Crippen molar-refractivity contribution < 1.29 is 0 Å². The third kappa shape index (κ3) is 3.09. The van der Waals surface area contributed by atoms with E-state index in [1.54, 1.807) is 11.3 Å². The highest BCUT2D eigenvalue weighted by Crippen LogP contribution is 2.26. The van der Waals surface area contributed by atoms with Gasteiger partial charge in [-0.15, -0.1) is 11.3 Å². The van der Waals surface area contributed by atoms with Crippen molar-refractivity contribution in [3.63, 3.8) is 0 Å². The van der Waals surface area contributed by atoms with E-state index in [-0.39, 0.29) is 12.1 Å². The summed E-state index contributed by atoms with van der Waals surface area (Å²) in [4.78, 5) is 9.21. The largest absolute Gasteiger partial charge is 0.346 e. The van der Waals surface area contributed by atoms with Crippen molar-refractivity contribution in [3.8, 4) is 0 Å². The highest BCUT2D eigenvalue weighted by atomic mass is 32.1. The highest BCUT2D eigenvalue weighted by Gasteiger charge is 2.29. The van der Waals surface area contributed by atoms with Gasteiger partial charge in [0, 0.05) is 62.6 Å². The van der Waals surface area contributed by atoms with Crippen molar-refractivity contribution in [2.75, 3.05) is 31.1 Å². The van der Waals surface area contributed by atoms with E-state index in [0.717, 1.165) is 31.3 Å². The Bertz CT molecular complexity index is 556. The second-order valence-corrected chi connectivity index (χ2v) is 6.46. The quantitative estimate of drug-likeness (QED) is 0.916. The number of nitrogens with two attached hydrogens (primary N) is 1. The van der Waals surface area contributed by atoms with Crippen molar-refractivity contribution in [1.29, 1.82) is 0 Å². The standard InChI is InChI=1S/C14H22N6S/c1-11(15)13(12-9-17-18(2)10-12)19-4-6-20(7-5-19)14-16-3-8-21-14/h3,8-11,13H,4-7,15H2,1-2H3. The number of anilines is 1. The number of nitrogens with zero attached hydrogens (tertiary/aromatic N) is 5. The van der Waals surface area contributed by atoms with Gasteiger partial charge in [-0.05, 0) is 6.92 Å². The summed E-state index contributed by atoms with van der Waals surface area (Å²) in [5.41, 5.74) is 7.44. The predicted octanol–water partition coefficient (Wildman–Crippen LogP) is 1.09. The SMILES string of the molecule is CC(N)C(c1cnn(C)c1)N1CCN(c2nccs2)CC1. The van der Waals surface area contributed by atoms with E-state index in [4.69, 9.17) is 5.73 Å². The average molecular weight is 306 g/mol. The first-order valence-electron chi connectivity index (χ1n) is 7.28. The summed E-state index contributed by atoms with van der Waals surface area (Å²) >= 11 is 1.70. The van der Waals surface area contributed by atoms with E-state index in [1.165, 1.54) is 5.56 Å². The number of rotatable bonds is 4. The maximum atomic E-state index is 6.24. The van der Waals surface area contributed by atoms with E-state index < -0.39 is 0 Å². The van der Waals surface area contributed by atoms with Gasteiger partial charge in [0.1, 0.15) is 0 Å². The molecule has 2 atom stereocenters. The molecule has 2 aromatic heterocycles. The van der Waals surface area contributed by atoms with Crippen LogP contribution in [0, 0.1) is 0 Å². The van der Waals surface area contributed by atoms with Crippen LogP contribution in [0.2, 0.25) is 0 Å². The second kappa shape index (κ2) is 6.13. The van der Waals surface area contributed by atoms with E-state index in [9.17, 15) is 0 Å². The molecule has 1 saturated heterocycles. The van der Waals surface area contributed by atoms with Crippen molar-refractivity contribution in [2.24, 2.45) is 12.8 Å². The molecular weight excluding hydrogens is 284 g/mol. The Kier molecular flexibility index (Phi) is 4.23. The van der Waals surface area contributed by atoms with Gasteiger partial charge in [0.25, 0.3) is 0 Å². The molecule has 3 heterocycles. The number of piperazine rings is 1. The highest BCUT2D eigenvalue weighted by molar-refractivity contribution is 7.13. The fourth-order valence-electron chi connectivity index (χ4n) is 3.00. The Labute approximate surface area is 129 Å². The van der Waals surface area contributed by atoms with Gasteiger partial charge in [0.05, 0.1) is 12.2 Å². The molecule has 0 amide bonds. The van der Waals surface area contributed by atoms with Crippen LogP contribution in [-0.4, -0.2) is 51.9 Å². The lowest BCUT2D eigenvalue weighted by Gasteiger charge is -2.40. The first-order chi connectivity index (χ1) is 10.1. The second-order valence-electron chi connectivity index (χ2n) is 5.59. The van der Waals surface area contributed by atoms with E-state index in [0.29, 0.717) is 0 Å². The van der Waals surface area contributed by atoms with Crippen LogP contribution in [0.5, 0.6) is 0 Å². The maximum Gasteiger partial charge on any atom is 0.185 e. The lowest BCUT2D eigenvalue weighted by Crippen LogP contribution is -2.51. The summed E-state index contributed by atoms with van der Waals surface area (Å²) in [6.07, 6.45) is 5.87. The number of aromatic nitrogens is 3. The van der Waals surface area contributed by atoms with Gasteiger partial charge >= 0.3 is 0 Å². The molecule has 2 N–H and O–H groups in total. The minimum Gasteiger partial charge on any atom is -0.346 e. The summed E-state index contributed by atoms with van der Waals surface area (Å²) < 4.78 is 1.84. The molecule has 0 radical (unpaired) electrons. The van der Waals surface area contributed by atoms with Crippen molar-refractivity contribution in [2.45, 2.75) is 19.0 Å². The zero-order chi connectivity index (χ0) is 14.8. The first-order valence-corrected chi connectivity index (χ1v) is 8.15. The number of thiazole rings is 1. The fraction of sp³-hybridized carbons (Fsp3) is 0.571. The van der Waals surface area contributed by atoms with Crippen LogP contribution < -0.4 is 10.6 Å². The third-order valence-electron chi connectivity index (χ3n) is 3.96. The summed E-state index contributed by atoms with van der Waals surface area (Å²) in [5.74, 6) is 0. The van der Waals surface area contributed by atoms with Crippen LogP contribution >= 0.6 is 11.3 Å². The van der Waals surface area contributed by atoms with E-state index in [2.05, 4.69) is 33.0 Å². The Balaban J connectivity index is 1.69. The molecule has 2 aromatic rings. The van der Waals surface area contributed by atoms with Gasteiger partial charge in [-0.2, -0.15) is 5.10 Å². The summed E-state index contributed by atoms with van der Waals surface area (Å²) in [6, 6.07) is 0.317. The van der Waals surface area contributed by atoms with Gasteiger partial charge in [0.15, 0.2) is 5.13 Å². The van der Waals surface area contributed by atoms with Gasteiger partial charge < -0.3 is 10.6 Å². The molecular formula is C14H22N6S. The topological polar surface area (TPSA) is 63.2 Å².